The molecule has 26 heavy (non-hydrogen) atoms. The van der Waals surface area contributed by atoms with Crippen molar-refractivity contribution in [2.24, 2.45) is 0 Å². The van der Waals surface area contributed by atoms with Gasteiger partial charge in [0, 0.05) is 45.0 Å². The summed E-state index contributed by atoms with van der Waals surface area (Å²) in [6.07, 6.45) is 5.58. The Morgan fingerprint density at radius 1 is 1.23 bits per heavy atom. The third-order valence-corrected chi connectivity index (χ3v) is 5.07. The number of hydrogen-bond donors (Lipinski definition) is 0. The van der Waals surface area contributed by atoms with E-state index < -0.39 is 0 Å². The fourth-order valence-corrected chi connectivity index (χ4v) is 3.66. The Balaban J connectivity index is 1.40. The molecule has 0 N–H and O–H groups in total. The molecule has 0 saturated carbocycles. The minimum Gasteiger partial charge on any atom is -0.364 e. The summed E-state index contributed by atoms with van der Waals surface area (Å²) in [5.41, 5.74) is 1.09. The Bertz CT molecular complexity index is 762. The molecule has 1 aromatic carbocycles. The van der Waals surface area contributed by atoms with Crippen LogP contribution in [0, 0.1) is 0 Å². The third kappa shape index (κ3) is 3.48. The van der Waals surface area contributed by atoms with Crippen molar-refractivity contribution in [1.29, 1.82) is 0 Å². The number of aryl methyl sites for hydroxylation is 1. The maximum Gasteiger partial charge on any atom is 0.249 e. The van der Waals surface area contributed by atoms with Gasteiger partial charge in [-0.05, 0) is 5.56 Å². The van der Waals surface area contributed by atoms with Gasteiger partial charge in [0.15, 0.2) is 0 Å². The Morgan fingerprint density at radius 2 is 2.08 bits per heavy atom. The van der Waals surface area contributed by atoms with Crippen molar-refractivity contribution in [2.45, 2.75) is 31.7 Å². The van der Waals surface area contributed by atoms with Crippen molar-refractivity contribution in [3.05, 3.63) is 54.6 Å². The highest BCUT2D eigenvalue weighted by atomic mass is 16.5. The lowest BCUT2D eigenvalue weighted by molar-refractivity contribution is -0.153. The summed E-state index contributed by atoms with van der Waals surface area (Å²) in [5, 5.41) is 0. The molecule has 0 spiro atoms. The van der Waals surface area contributed by atoms with Crippen LogP contribution in [0.2, 0.25) is 0 Å². The number of benzene rings is 1. The molecule has 0 bridgehead atoms. The second kappa shape index (κ2) is 7.29. The average molecular weight is 354 g/mol. The number of aromatic nitrogens is 2. The molecule has 136 valence electrons. The van der Waals surface area contributed by atoms with Crippen LogP contribution in [-0.2, 0) is 27.4 Å². The van der Waals surface area contributed by atoms with E-state index in [-0.39, 0.29) is 30.6 Å². The summed E-state index contributed by atoms with van der Waals surface area (Å²) in [4.78, 5) is 32.6. The summed E-state index contributed by atoms with van der Waals surface area (Å²) < 4.78 is 7.60. The Kier molecular flexibility index (Phi) is 4.71. The summed E-state index contributed by atoms with van der Waals surface area (Å²) >= 11 is 0. The molecule has 4 rings (SSSR count). The molecule has 1 aromatic heterocycles. The first-order chi connectivity index (χ1) is 12.7. The lowest BCUT2D eigenvalue weighted by Gasteiger charge is -2.36. The molecule has 2 aromatic rings. The molecule has 2 aliphatic rings. The largest absolute Gasteiger partial charge is 0.364 e. The number of carbonyl (C=O) groups is 2. The van der Waals surface area contributed by atoms with Gasteiger partial charge in [-0.1, -0.05) is 30.3 Å². The van der Waals surface area contributed by atoms with Crippen LogP contribution >= 0.6 is 0 Å². The average Bonchev–Trinajstić information content (AvgIpc) is 3.32. The molecule has 3 heterocycles. The summed E-state index contributed by atoms with van der Waals surface area (Å²) in [6.45, 7) is 2.34. The molecule has 2 amide bonds. The number of morpholine rings is 1. The van der Waals surface area contributed by atoms with Crippen molar-refractivity contribution in [3.63, 3.8) is 0 Å². The topological polar surface area (TPSA) is 67.7 Å². The van der Waals surface area contributed by atoms with E-state index in [1.54, 1.807) is 12.5 Å². The summed E-state index contributed by atoms with van der Waals surface area (Å²) in [7, 11) is 0. The van der Waals surface area contributed by atoms with Crippen LogP contribution in [0.3, 0.4) is 0 Å². The van der Waals surface area contributed by atoms with Gasteiger partial charge in [-0.3, -0.25) is 9.59 Å². The van der Waals surface area contributed by atoms with E-state index in [9.17, 15) is 9.59 Å². The minimum absolute atomic E-state index is 0.0113. The van der Waals surface area contributed by atoms with Crippen LogP contribution in [0.25, 0.3) is 0 Å². The number of carbonyl (C=O) groups excluding carboxylic acids is 2. The first-order valence-corrected chi connectivity index (χ1v) is 8.89. The number of amides is 2. The molecule has 2 fully saturated rings. The number of ether oxygens (including phenoxy) is 1. The van der Waals surface area contributed by atoms with Crippen LogP contribution in [0.5, 0.6) is 0 Å². The molecule has 7 heteroatoms. The molecule has 2 atom stereocenters. The van der Waals surface area contributed by atoms with Crippen LogP contribution in [0.15, 0.2) is 49.1 Å². The minimum atomic E-state index is -0.103. The van der Waals surface area contributed by atoms with Gasteiger partial charge in [0.2, 0.25) is 11.8 Å². The van der Waals surface area contributed by atoms with Crippen LogP contribution in [0.1, 0.15) is 12.0 Å². The SMILES string of the molecule is O=C(CCn1ccnc1)N1C[C@@H]2OCC(=O)N(Cc3ccccc3)[C@H]2C1. The first kappa shape index (κ1) is 16.8. The van der Waals surface area contributed by atoms with Crippen molar-refractivity contribution in [2.75, 3.05) is 19.7 Å². The first-order valence-electron chi connectivity index (χ1n) is 8.89. The Hall–Kier alpha value is -2.67. The molecular weight excluding hydrogens is 332 g/mol. The maximum absolute atomic E-state index is 12.6. The number of rotatable bonds is 5. The molecule has 2 saturated heterocycles. The van der Waals surface area contributed by atoms with E-state index in [0.717, 1.165) is 5.56 Å². The standard InChI is InChI=1S/C19H22N4O3/c24-18(6-8-21-9-7-20-14-21)22-11-16-17(12-22)26-13-19(25)23(16)10-15-4-2-1-3-5-15/h1-5,7,9,14,16-17H,6,8,10-13H2/t16-,17-/m0/s1. The summed E-state index contributed by atoms with van der Waals surface area (Å²) in [6, 6.07) is 9.86. The van der Waals surface area contributed by atoms with E-state index in [1.807, 2.05) is 50.9 Å². The fourth-order valence-electron chi connectivity index (χ4n) is 3.66. The zero-order valence-electron chi connectivity index (χ0n) is 14.5. The smallest absolute Gasteiger partial charge is 0.249 e. The van der Waals surface area contributed by atoms with Crippen molar-refractivity contribution >= 4 is 11.8 Å². The number of hydrogen-bond acceptors (Lipinski definition) is 4. The highest BCUT2D eigenvalue weighted by Crippen LogP contribution is 2.25. The molecule has 7 nitrogen and oxygen atoms in total. The highest BCUT2D eigenvalue weighted by molar-refractivity contribution is 5.80. The van der Waals surface area contributed by atoms with E-state index in [1.165, 1.54) is 0 Å². The number of nitrogens with zero attached hydrogens (tertiary/aromatic N) is 4. The van der Waals surface area contributed by atoms with Gasteiger partial charge < -0.3 is 19.1 Å². The van der Waals surface area contributed by atoms with Crippen molar-refractivity contribution < 1.29 is 14.3 Å². The predicted molar refractivity (Wildman–Crippen MR) is 93.9 cm³/mol. The van der Waals surface area contributed by atoms with Gasteiger partial charge in [0.05, 0.1) is 18.5 Å². The quantitative estimate of drug-likeness (QED) is 0.801. The Labute approximate surface area is 152 Å². The predicted octanol–water partition coefficient (Wildman–Crippen LogP) is 0.912. The number of fused-ring (bicyclic) bond motifs is 1. The zero-order valence-corrected chi connectivity index (χ0v) is 14.5. The van der Waals surface area contributed by atoms with Gasteiger partial charge in [-0.25, -0.2) is 4.98 Å². The van der Waals surface area contributed by atoms with E-state index in [2.05, 4.69) is 4.98 Å². The third-order valence-electron chi connectivity index (χ3n) is 5.07. The molecule has 0 aliphatic carbocycles. The maximum atomic E-state index is 12.6. The second-order valence-electron chi connectivity index (χ2n) is 6.77. The van der Waals surface area contributed by atoms with Gasteiger partial charge >= 0.3 is 0 Å². The Morgan fingerprint density at radius 3 is 2.85 bits per heavy atom. The van der Waals surface area contributed by atoms with Crippen LogP contribution in [-0.4, -0.2) is 63.0 Å². The van der Waals surface area contributed by atoms with E-state index in [4.69, 9.17) is 4.74 Å². The van der Waals surface area contributed by atoms with Crippen molar-refractivity contribution in [1.82, 2.24) is 19.4 Å². The highest BCUT2D eigenvalue weighted by Gasteiger charge is 2.44. The molecule has 0 unspecified atom stereocenters. The van der Waals surface area contributed by atoms with Gasteiger partial charge in [-0.2, -0.15) is 0 Å². The second-order valence-corrected chi connectivity index (χ2v) is 6.77. The summed E-state index contributed by atoms with van der Waals surface area (Å²) in [5.74, 6) is 0.0756. The lowest BCUT2D eigenvalue weighted by Crippen LogP contribution is -2.53. The molecule has 0 radical (unpaired) electrons. The number of imidazole rings is 1. The number of likely N-dealkylation sites (tertiary alicyclic amines) is 1. The molecule has 2 aliphatic heterocycles. The van der Waals surface area contributed by atoms with E-state index in [0.29, 0.717) is 32.6 Å². The van der Waals surface area contributed by atoms with Crippen LogP contribution in [0.4, 0.5) is 0 Å². The zero-order chi connectivity index (χ0) is 17.9. The van der Waals surface area contributed by atoms with E-state index >= 15 is 0 Å². The normalized spacial score (nSPS) is 22.5. The van der Waals surface area contributed by atoms with Gasteiger partial charge in [0.1, 0.15) is 6.61 Å². The fraction of sp³-hybridized carbons (Fsp3) is 0.421. The van der Waals surface area contributed by atoms with Crippen molar-refractivity contribution in [3.8, 4) is 0 Å². The van der Waals surface area contributed by atoms with Gasteiger partial charge in [-0.15, -0.1) is 0 Å². The lowest BCUT2D eigenvalue weighted by atomic mass is 10.1. The monoisotopic (exact) mass is 354 g/mol. The van der Waals surface area contributed by atoms with Crippen LogP contribution < -0.4 is 0 Å². The molecular formula is C19H22N4O3. The van der Waals surface area contributed by atoms with Gasteiger partial charge in [0.25, 0.3) is 0 Å².